The topological polar surface area (TPSA) is 29.5 Å². The Balaban J connectivity index is 3.13. The van der Waals surface area contributed by atoms with E-state index in [9.17, 15) is 5.11 Å². The van der Waals surface area contributed by atoms with Gasteiger partial charge < -0.3 is 9.84 Å². The minimum atomic E-state index is 0.0105. The predicted octanol–water partition coefficient (Wildman–Crippen LogP) is 7.38. The second-order valence-electron chi connectivity index (χ2n) is 8.01. The van der Waals surface area contributed by atoms with Crippen LogP contribution in [-0.2, 0) is 4.74 Å². The summed E-state index contributed by atoms with van der Waals surface area (Å²) in [6, 6.07) is 0. The van der Waals surface area contributed by atoms with Gasteiger partial charge in [-0.05, 0) is 26.0 Å². The van der Waals surface area contributed by atoms with E-state index in [2.05, 4.69) is 6.92 Å². The molecular formula is C23H48O2S. The number of aliphatic hydroxyl groups is 1. The van der Waals surface area contributed by atoms with Crippen molar-refractivity contribution in [3.63, 3.8) is 0 Å². The van der Waals surface area contributed by atoms with Gasteiger partial charge in [0.25, 0.3) is 0 Å². The van der Waals surface area contributed by atoms with E-state index in [4.69, 9.17) is 4.74 Å². The summed E-state index contributed by atoms with van der Waals surface area (Å²) >= 11 is 1.93. The van der Waals surface area contributed by atoms with Gasteiger partial charge in [0.1, 0.15) is 0 Å². The fourth-order valence-corrected chi connectivity index (χ4v) is 4.33. The molecule has 0 saturated heterocycles. The molecule has 0 aromatic rings. The summed E-state index contributed by atoms with van der Waals surface area (Å²) in [5, 5.41) is 9.27. The number of ether oxygens (including phenoxy) is 1. The Hall–Kier alpha value is 0.270. The van der Waals surface area contributed by atoms with Crippen molar-refractivity contribution in [2.45, 2.75) is 129 Å². The van der Waals surface area contributed by atoms with Gasteiger partial charge in [-0.25, -0.2) is 0 Å². The summed E-state index contributed by atoms with van der Waals surface area (Å²) in [6.07, 6.45) is 21.5. The van der Waals surface area contributed by atoms with E-state index in [1.54, 1.807) is 0 Å². The second-order valence-corrected chi connectivity index (χ2v) is 9.16. The average Bonchev–Trinajstić information content (AvgIpc) is 2.63. The number of hydrogen-bond acceptors (Lipinski definition) is 3. The van der Waals surface area contributed by atoms with Gasteiger partial charge in [-0.15, -0.1) is 0 Å². The average molecular weight is 389 g/mol. The van der Waals surface area contributed by atoms with Crippen LogP contribution in [0.15, 0.2) is 0 Å². The number of hydrogen-bond donors (Lipinski definition) is 1. The van der Waals surface area contributed by atoms with Gasteiger partial charge in [0.05, 0.1) is 18.8 Å². The Morgan fingerprint density at radius 3 is 1.50 bits per heavy atom. The molecule has 0 aromatic heterocycles. The third-order valence-corrected chi connectivity index (χ3v) is 6.05. The lowest BCUT2D eigenvalue weighted by Crippen LogP contribution is -2.24. The molecule has 0 aliphatic heterocycles. The standard InChI is InChI=1S/C23H48O2S/c1-4-5-6-7-8-9-10-11-12-13-14-15-16-17-18-19-26-21-23(20-24)25-22(2)3/h22-24H,4-21H2,1-3H3. The number of unbranched alkanes of at least 4 members (excludes halogenated alkanes) is 14. The Morgan fingerprint density at radius 1 is 0.692 bits per heavy atom. The molecule has 1 unspecified atom stereocenters. The molecule has 26 heavy (non-hydrogen) atoms. The number of thioether (sulfide) groups is 1. The Bertz CT molecular complexity index is 259. The third kappa shape index (κ3) is 20.6. The van der Waals surface area contributed by atoms with Crippen molar-refractivity contribution in [3.8, 4) is 0 Å². The molecule has 0 aliphatic rings. The zero-order valence-electron chi connectivity index (χ0n) is 18.1. The minimum Gasteiger partial charge on any atom is -0.394 e. The second kappa shape index (κ2) is 21.6. The largest absolute Gasteiger partial charge is 0.394 e. The highest BCUT2D eigenvalue weighted by atomic mass is 32.2. The van der Waals surface area contributed by atoms with Crippen LogP contribution < -0.4 is 0 Å². The molecule has 0 rings (SSSR count). The van der Waals surface area contributed by atoms with E-state index < -0.39 is 0 Å². The van der Waals surface area contributed by atoms with Crippen molar-refractivity contribution >= 4 is 11.8 Å². The first-order valence-electron chi connectivity index (χ1n) is 11.5. The van der Waals surface area contributed by atoms with Gasteiger partial charge in [0.15, 0.2) is 0 Å². The maximum absolute atomic E-state index is 9.27. The predicted molar refractivity (Wildman–Crippen MR) is 119 cm³/mol. The van der Waals surface area contributed by atoms with Crippen molar-refractivity contribution in [3.05, 3.63) is 0 Å². The maximum Gasteiger partial charge on any atom is 0.0899 e. The van der Waals surface area contributed by atoms with Crippen molar-refractivity contribution < 1.29 is 9.84 Å². The van der Waals surface area contributed by atoms with E-state index in [0.717, 1.165) is 5.75 Å². The van der Waals surface area contributed by atoms with Crippen molar-refractivity contribution in [2.24, 2.45) is 0 Å². The van der Waals surface area contributed by atoms with Crippen LogP contribution in [0.25, 0.3) is 0 Å². The van der Waals surface area contributed by atoms with Crippen LogP contribution in [-0.4, -0.2) is 35.4 Å². The summed E-state index contributed by atoms with van der Waals surface area (Å²) in [4.78, 5) is 0. The minimum absolute atomic E-state index is 0.0105. The van der Waals surface area contributed by atoms with E-state index in [1.165, 1.54) is 102 Å². The van der Waals surface area contributed by atoms with Gasteiger partial charge in [0, 0.05) is 5.75 Å². The summed E-state index contributed by atoms with van der Waals surface area (Å²) in [5.41, 5.74) is 0. The Morgan fingerprint density at radius 2 is 1.12 bits per heavy atom. The molecule has 0 bridgehead atoms. The Kier molecular flexibility index (Phi) is 21.8. The zero-order chi connectivity index (χ0) is 19.3. The molecule has 0 heterocycles. The molecular weight excluding hydrogens is 340 g/mol. The van der Waals surface area contributed by atoms with Crippen molar-refractivity contribution in [2.75, 3.05) is 18.1 Å². The highest BCUT2D eigenvalue weighted by Gasteiger charge is 2.09. The van der Waals surface area contributed by atoms with Crippen LogP contribution in [0.1, 0.15) is 117 Å². The SMILES string of the molecule is CCCCCCCCCCCCCCCCCSCC(CO)OC(C)C. The zero-order valence-corrected chi connectivity index (χ0v) is 19.0. The highest BCUT2D eigenvalue weighted by molar-refractivity contribution is 7.99. The van der Waals surface area contributed by atoms with Crippen LogP contribution in [0, 0.1) is 0 Å². The molecule has 158 valence electrons. The van der Waals surface area contributed by atoms with E-state index in [-0.39, 0.29) is 18.8 Å². The van der Waals surface area contributed by atoms with Crippen molar-refractivity contribution in [1.82, 2.24) is 0 Å². The maximum atomic E-state index is 9.27. The normalized spacial score (nSPS) is 12.8. The Labute approximate surface area is 169 Å². The van der Waals surface area contributed by atoms with Gasteiger partial charge in [-0.3, -0.25) is 0 Å². The van der Waals surface area contributed by atoms with E-state index >= 15 is 0 Å². The van der Waals surface area contributed by atoms with Crippen LogP contribution in [0.4, 0.5) is 0 Å². The molecule has 0 fully saturated rings. The molecule has 0 radical (unpaired) electrons. The molecule has 3 heteroatoms. The quantitative estimate of drug-likeness (QED) is 0.208. The van der Waals surface area contributed by atoms with Gasteiger partial charge in [-0.2, -0.15) is 11.8 Å². The number of aliphatic hydroxyl groups excluding tert-OH is 1. The lowest BCUT2D eigenvalue weighted by atomic mass is 10.0. The summed E-state index contributed by atoms with van der Waals surface area (Å²) in [7, 11) is 0. The van der Waals surface area contributed by atoms with Crippen LogP contribution in [0.2, 0.25) is 0 Å². The summed E-state index contributed by atoms with van der Waals surface area (Å²) in [6.45, 7) is 6.49. The van der Waals surface area contributed by atoms with Crippen LogP contribution >= 0.6 is 11.8 Å². The monoisotopic (exact) mass is 388 g/mol. The number of rotatable bonds is 21. The molecule has 0 amide bonds. The molecule has 0 aromatic carbocycles. The smallest absolute Gasteiger partial charge is 0.0899 e. The first-order chi connectivity index (χ1) is 12.7. The first kappa shape index (κ1) is 26.3. The molecule has 2 nitrogen and oxygen atoms in total. The fraction of sp³-hybridized carbons (Fsp3) is 1.00. The third-order valence-electron chi connectivity index (χ3n) is 4.86. The molecule has 1 atom stereocenters. The molecule has 1 N–H and O–H groups in total. The molecule has 0 saturated carbocycles. The van der Waals surface area contributed by atoms with E-state index in [0.29, 0.717) is 0 Å². The van der Waals surface area contributed by atoms with Crippen LogP contribution in [0.5, 0.6) is 0 Å². The van der Waals surface area contributed by atoms with E-state index in [1.807, 2.05) is 25.6 Å². The van der Waals surface area contributed by atoms with Gasteiger partial charge in [0.2, 0.25) is 0 Å². The molecule has 0 spiro atoms. The van der Waals surface area contributed by atoms with Gasteiger partial charge >= 0.3 is 0 Å². The van der Waals surface area contributed by atoms with Gasteiger partial charge in [-0.1, -0.05) is 96.8 Å². The first-order valence-corrected chi connectivity index (χ1v) is 12.7. The lowest BCUT2D eigenvalue weighted by molar-refractivity contribution is -0.00934. The lowest BCUT2D eigenvalue weighted by Gasteiger charge is -2.17. The van der Waals surface area contributed by atoms with Crippen LogP contribution in [0.3, 0.4) is 0 Å². The summed E-state index contributed by atoms with van der Waals surface area (Å²) < 4.78 is 5.66. The van der Waals surface area contributed by atoms with Crippen molar-refractivity contribution in [1.29, 1.82) is 0 Å². The fourth-order valence-electron chi connectivity index (χ4n) is 3.31. The summed E-state index contributed by atoms with van der Waals surface area (Å²) in [5.74, 6) is 2.13. The highest BCUT2D eigenvalue weighted by Crippen LogP contribution is 2.15. The molecule has 0 aliphatic carbocycles.